The SMILES string of the molecule is CCN(CC)S(=O)(=O)c1cc(NC(=O)CCc2ncc(-c3ccc(C)cc3)o2)ccc1C. The number of amides is 1. The Bertz CT molecular complexity index is 1180. The molecule has 1 amide bonds. The minimum atomic E-state index is -3.61. The largest absolute Gasteiger partial charge is 0.441 e. The molecule has 0 unspecified atom stereocenters. The van der Waals surface area contributed by atoms with Crippen molar-refractivity contribution in [2.45, 2.75) is 45.4 Å². The Kier molecular flexibility index (Phi) is 7.48. The maximum atomic E-state index is 12.9. The van der Waals surface area contributed by atoms with E-state index in [1.807, 2.05) is 31.2 Å². The molecule has 1 heterocycles. The van der Waals surface area contributed by atoms with Crippen LogP contribution in [0, 0.1) is 13.8 Å². The van der Waals surface area contributed by atoms with E-state index in [1.165, 1.54) is 10.4 Å². The van der Waals surface area contributed by atoms with Gasteiger partial charge < -0.3 is 9.73 Å². The smallest absolute Gasteiger partial charge is 0.243 e. The van der Waals surface area contributed by atoms with E-state index in [4.69, 9.17) is 4.42 Å². The first-order chi connectivity index (χ1) is 15.2. The molecule has 0 spiro atoms. The van der Waals surface area contributed by atoms with E-state index in [0.29, 0.717) is 42.4 Å². The summed E-state index contributed by atoms with van der Waals surface area (Å²) in [5, 5.41) is 2.78. The highest BCUT2D eigenvalue weighted by Gasteiger charge is 2.24. The molecule has 0 saturated carbocycles. The van der Waals surface area contributed by atoms with Crippen LogP contribution in [0.3, 0.4) is 0 Å². The molecule has 0 saturated heterocycles. The van der Waals surface area contributed by atoms with Crippen molar-refractivity contribution in [3.8, 4) is 11.3 Å². The molecular formula is C24H29N3O4S. The number of hydrogen-bond acceptors (Lipinski definition) is 5. The summed E-state index contributed by atoms with van der Waals surface area (Å²) in [6.07, 6.45) is 2.16. The number of carbonyl (C=O) groups is 1. The predicted molar refractivity (Wildman–Crippen MR) is 125 cm³/mol. The molecule has 32 heavy (non-hydrogen) atoms. The maximum absolute atomic E-state index is 12.9. The van der Waals surface area contributed by atoms with Gasteiger partial charge in [0.05, 0.1) is 11.1 Å². The molecule has 1 aromatic heterocycles. The number of sulfonamides is 1. The first kappa shape index (κ1) is 23.7. The third-order valence-corrected chi connectivity index (χ3v) is 7.44. The summed E-state index contributed by atoms with van der Waals surface area (Å²) in [5.41, 5.74) is 3.17. The zero-order chi connectivity index (χ0) is 23.3. The van der Waals surface area contributed by atoms with Gasteiger partial charge in [0.2, 0.25) is 15.9 Å². The Balaban J connectivity index is 1.65. The van der Waals surface area contributed by atoms with Crippen LogP contribution in [0.1, 0.15) is 37.3 Å². The lowest BCUT2D eigenvalue weighted by molar-refractivity contribution is -0.116. The number of nitrogens with one attached hydrogen (secondary N) is 1. The number of rotatable bonds is 9. The van der Waals surface area contributed by atoms with Gasteiger partial charge in [-0.2, -0.15) is 4.31 Å². The summed E-state index contributed by atoms with van der Waals surface area (Å²) >= 11 is 0. The predicted octanol–water partition coefficient (Wildman–Crippen LogP) is 4.56. The van der Waals surface area contributed by atoms with Crippen molar-refractivity contribution in [1.82, 2.24) is 9.29 Å². The lowest BCUT2D eigenvalue weighted by Gasteiger charge is -2.20. The van der Waals surface area contributed by atoms with E-state index in [-0.39, 0.29) is 17.2 Å². The summed E-state index contributed by atoms with van der Waals surface area (Å²) in [6, 6.07) is 12.9. The molecule has 0 radical (unpaired) electrons. The fraction of sp³-hybridized carbons (Fsp3) is 0.333. The van der Waals surface area contributed by atoms with Gasteiger partial charge in [0.25, 0.3) is 0 Å². The number of anilines is 1. The molecule has 8 heteroatoms. The summed E-state index contributed by atoms with van der Waals surface area (Å²) in [7, 11) is -3.61. The van der Waals surface area contributed by atoms with E-state index in [9.17, 15) is 13.2 Å². The van der Waals surface area contributed by atoms with Crippen molar-refractivity contribution in [3.63, 3.8) is 0 Å². The van der Waals surface area contributed by atoms with Gasteiger partial charge in [-0.15, -0.1) is 0 Å². The lowest BCUT2D eigenvalue weighted by atomic mass is 10.1. The van der Waals surface area contributed by atoms with Crippen LogP contribution in [0.4, 0.5) is 5.69 Å². The van der Waals surface area contributed by atoms with Crippen molar-refractivity contribution in [2.75, 3.05) is 18.4 Å². The van der Waals surface area contributed by atoms with Gasteiger partial charge in [-0.1, -0.05) is 49.7 Å². The molecule has 0 aliphatic heterocycles. The molecule has 3 aromatic rings. The minimum absolute atomic E-state index is 0.167. The number of benzene rings is 2. The van der Waals surface area contributed by atoms with E-state index < -0.39 is 10.0 Å². The number of oxazole rings is 1. The van der Waals surface area contributed by atoms with E-state index in [0.717, 1.165) is 11.1 Å². The Labute approximate surface area is 189 Å². The van der Waals surface area contributed by atoms with Crippen molar-refractivity contribution >= 4 is 21.6 Å². The molecule has 2 aromatic carbocycles. The molecule has 0 aliphatic rings. The second-order valence-corrected chi connectivity index (χ2v) is 9.51. The van der Waals surface area contributed by atoms with E-state index >= 15 is 0 Å². The monoisotopic (exact) mass is 455 g/mol. The van der Waals surface area contributed by atoms with Gasteiger partial charge in [0.1, 0.15) is 0 Å². The van der Waals surface area contributed by atoms with E-state index in [2.05, 4.69) is 10.3 Å². The van der Waals surface area contributed by atoms with Gasteiger partial charge in [-0.25, -0.2) is 13.4 Å². The topological polar surface area (TPSA) is 92.5 Å². The molecule has 1 N–H and O–H groups in total. The van der Waals surface area contributed by atoms with Crippen LogP contribution in [0.15, 0.2) is 58.0 Å². The Hall–Kier alpha value is -2.97. The Morgan fingerprint density at radius 1 is 1.06 bits per heavy atom. The summed E-state index contributed by atoms with van der Waals surface area (Å²) in [4.78, 5) is 16.9. The second kappa shape index (κ2) is 10.1. The van der Waals surface area contributed by atoms with Crippen LogP contribution >= 0.6 is 0 Å². The summed E-state index contributed by atoms with van der Waals surface area (Å²) in [5.74, 6) is 0.893. The number of carbonyl (C=O) groups excluding carboxylic acids is 1. The molecule has 0 atom stereocenters. The molecule has 3 rings (SSSR count). The highest BCUT2D eigenvalue weighted by atomic mass is 32.2. The molecule has 7 nitrogen and oxygen atoms in total. The molecule has 170 valence electrons. The van der Waals surface area contributed by atoms with Gasteiger partial charge in [0.15, 0.2) is 11.7 Å². The number of aromatic nitrogens is 1. The third-order valence-electron chi connectivity index (χ3n) is 5.25. The average molecular weight is 456 g/mol. The minimum Gasteiger partial charge on any atom is -0.441 e. The standard InChI is InChI=1S/C24H29N3O4S/c1-5-27(6-2)32(29,30)22-15-20(12-9-18(22)4)26-23(28)13-14-24-25-16-21(31-24)19-10-7-17(3)8-11-19/h7-12,15-16H,5-6,13-14H2,1-4H3,(H,26,28). The Morgan fingerprint density at radius 2 is 1.75 bits per heavy atom. The van der Waals surface area contributed by atoms with Gasteiger partial charge in [-0.05, 0) is 31.5 Å². The van der Waals surface area contributed by atoms with Crippen molar-refractivity contribution in [2.24, 2.45) is 0 Å². The van der Waals surface area contributed by atoms with Crippen molar-refractivity contribution in [3.05, 3.63) is 65.7 Å². The van der Waals surface area contributed by atoms with Crippen molar-refractivity contribution < 1.29 is 17.6 Å². The van der Waals surface area contributed by atoms with Crippen LogP contribution in [-0.4, -0.2) is 36.7 Å². The summed E-state index contributed by atoms with van der Waals surface area (Å²) < 4.78 is 33.0. The fourth-order valence-electron chi connectivity index (χ4n) is 3.38. The lowest BCUT2D eigenvalue weighted by Crippen LogP contribution is -2.31. The molecular weight excluding hydrogens is 426 g/mol. The fourth-order valence-corrected chi connectivity index (χ4v) is 5.09. The van der Waals surface area contributed by atoms with Gasteiger partial charge in [-0.3, -0.25) is 4.79 Å². The molecule has 0 bridgehead atoms. The number of aryl methyl sites for hydroxylation is 3. The molecule has 0 fully saturated rings. The van der Waals surface area contributed by atoms with Crippen LogP contribution < -0.4 is 5.32 Å². The average Bonchev–Trinajstić information content (AvgIpc) is 3.24. The van der Waals surface area contributed by atoms with Gasteiger partial charge >= 0.3 is 0 Å². The third kappa shape index (κ3) is 5.44. The highest BCUT2D eigenvalue weighted by Crippen LogP contribution is 2.24. The van der Waals surface area contributed by atoms with E-state index in [1.54, 1.807) is 39.1 Å². The van der Waals surface area contributed by atoms with Crippen LogP contribution in [0.2, 0.25) is 0 Å². The number of hydrogen-bond donors (Lipinski definition) is 1. The zero-order valence-corrected chi connectivity index (χ0v) is 19.7. The van der Waals surface area contributed by atoms with Crippen LogP contribution in [-0.2, 0) is 21.2 Å². The highest BCUT2D eigenvalue weighted by molar-refractivity contribution is 7.89. The Morgan fingerprint density at radius 3 is 2.41 bits per heavy atom. The van der Waals surface area contributed by atoms with Crippen molar-refractivity contribution in [1.29, 1.82) is 0 Å². The molecule has 0 aliphatic carbocycles. The normalized spacial score (nSPS) is 11.7. The van der Waals surface area contributed by atoms with Gasteiger partial charge in [0, 0.05) is 37.2 Å². The first-order valence-corrected chi connectivity index (χ1v) is 12.1. The van der Waals surface area contributed by atoms with Crippen LogP contribution in [0.25, 0.3) is 11.3 Å². The van der Waals surface area contributed by atoms with Crippen LogP contribution in [0.5, 0.6) is 0 Å². The number of nitrogens with zero attached hydrogens (tertiary/aromatic N) is 2. The quantitative estimate of drug-likeness (QED) is 0.511. The maximum Gasteiger partial charge on any atom is 0.243 e. The summed E-state index contributed by atoms with van der Waals surface area (Å²) in [6.45, 7) is 8.13. The second-order valence-electron chi connectivity index (χ2n) is 7.60. The first-order valence-electron chi connectivity index (χ1n) is 10.7. The zero-order valence-electron chi connectivity index (χ0n) is 18.9.